The van der Waals surface area contributed by atoms with Gasteiger partial charge in [-0.2, -0.15) is 0 Å². The molecule has 8 heteroatoms. The van der Waals surface area contributed by atoms with Crippen LogP contribution in [-0.2, 0) is 11.0 Å². The molecule has 2 aromatic carbocycles. The minimum Gasteiger partial charge on any atom is -0.493 e. The molecule has 1 aromatic heterocycles. The van der Waals surface area contributed by atoms with Gasteiger partial charge in [0, 0.05) is 42.0 Å². The van der Waals surface area contributed by atoms with Gasteiger partial charge in [-0.05, 0) is 37.1 Å². The highest BCUT2D eigenvalue weighted by atomic mass is 32.2. The van der Waals surface area contributed by atoms with E-state index in [4.69, 9.17) is 15.9 Å². The largest absolute Gasteiger partial charge is 0.493 e. The smallest absolute Gasteiger partial charge is 0.162 e. The molecule has 1 aliphatic heterocycles. The van der Waals surface area contributed by atoms with Crippen molar-refractivity contribution in [1.29, 1.82) is 0 Å². The van der Waals surface area contributed by atoms with E-state index in [0.29, 0.717) is 17.3 Å². The first-order valence-electron chi connectivity index (χ1n) is 9.99. The van der Waals surface area contributed by atoms with Crippen molar-refractivity contribution in [2.45, 2.75) is 18.9 Å². The predicted octanol–water partition coefficient (Wildman–Crippen LogP) is 3.50. The van der Waals surface area contributed by atoms with Crippen LogP contribution in [0.1, 0.15) is 18.4 Å². The molecule has 1 fully saturated rings. The second kappa shape index (κ2) is 9.33. The van der Waals surface area contributed by atoms with E-state index in [1.165, 1.54) is 6.33 Å². The summed E-state index contributed by atoms with van der Waals surface area (Å²) in [6.07, 6.45) is 10.4. The van der Waals surface area contributed by atoms with Crippen LogP contribution in [0.2, 0.25) is 0 Å². The molecule has 0 radical (unpaired) electrons. The number of terminal acetylenes is 1. The van der Waals surface area contributed by atoms with Gasteiger partial charge < -0.3 is 14.8 Å². The molecule has 0 spiro atoms. The Hall–Kier alpha value is -3.15. The standard InChI is InChI=1S/C23H24N4O3S/c1-4-16-6-5-7-17(12-16)26-23-19-13-22(21(29-2)14-20(19)24-15-25-23)30-18-8-10-27(11-9-18)31(3)28/h1,5-7,12-15,18H,8-11H2,2-3H3,(H,24,25,26). The fourth-order valence-corrected chi connectivity index (χ4v) is 4.35. The highest BCUT2D eigenvalue weighted by Gasteiger charge is 2.24. The lowest BCUT2D eigenvalue weighted by Gasteiger charge is -2.30. The predicted molar refractivity (Wildman–Crippen MR) is 123 cm³/mol. The van der Waals surface area contributed by atoms with Gasteiger partial charge in [0.2, 0.25) is 0 Å². The zero-order valence-corrected chi connectivity index (χ0v) is 18.3. The molecule has 160 valence electrons. The number of methoxy groups -OCH3 is 1. The van der Waals surface area contributed by atoms with Crippen LogP contribution in [0.5, 0.6) is 11.5 Å². The molecule has 1 aliphatic rings. The third-order valence-electron chi connectivity index (χ3n) is 5.27. The first-order valence-corrected chi connectivity index (χ1v) is 11.5. The third kappa shape index (κ3) is 4.79. The lowest BCUT2D eigenvalue weighted by atomic mass is 10.1. The lowest BCUT2D eigenvalue weighted by Crippen LogP contribution is -2.38. The van der Waals surface area contributed by atoms with Crippen molar-refractivity contribution < 1.29 is 13.7 Å². The van der Waals surface area contributed by atoms with E-state index in [-0.39, 0.29) is 6.10 Å². The van der Waals surface area contributed by atoms with Crippen LogP contribution in [0.4, 0.5) is 11.5 Å². The summed E-state index contributed by atoms with van der Waals surface area (Å²) < 4.78 is 25.5. The Bertz CT molecular complexity index is 1150. The number of nitrogens with zero attached hydrogens (tertiary/aromatic N) is 3. The quantitative estimate of drug-likeness (QED) is 0.596. The zero-order chi connectivity index (χ0) is 21.8. The first kappa shape index (κ1) is 21.1. The van der Waals surface area contributed by atoms with Gasteiger partial charge in [-0.15, -0.1) is 6.42 Å². The highest BCUT2D eigenvalue weighted by Crippen LogP contribution is 2.36. The topological polar surface area (TPSA) is 76.6 Å². The molecule has 0 saturated carbocycles. The van der Waals surface area contributed by atoms with Crippen LogP contribution < -0.4 is 14.8 Å². The molecule has 0 amide bonds. The van der Waals surface area contributed by atoms with E-state index in [0.717, 1.165) is 48.1 Å². The van der Waals surface area contributed by atoms with Crippen molar-refractivity contribution in [3.63, 3.8) is 0 Å². The number of nitrogens with one attached hydrogen (secondary N) is 1. The number of rotatable bonds is 6. The summed E-state index contributed by atoms with van der Waals surface area (Å²) in [6.45, 7) is 1.48. The van der Waals surface area contributed by atoms with Crippen LogP contribution >= 0.6 is 0 Å². The van der Waals surface area contributed by atoms with E-state index >= 15 is 0 Å². The molecule has 0 aliphatic carbocycles. The molecular weight excluding hydrogens is 412 g/mol. The lowest BCUT2D eigenvalue weighted by molar-refractivity contribution is 0.133. The molecule has 1 saturated heterocycles. The van der Waals surface area contributed by atoms with Gasteiger partial charge in [0.15, 0.2) is 11.5 Å². The molecule has 2 heterocycles. The van der Waals surface area contributed by atoms with E-state index in [9.17, 15) is 4.21 Å². The van der Waals surface area contributed by atoms with Crippen molar-refractivity contribution in [3.8, 4) is 23.8 Å². The summed E-state index contributed by atoms with van der Waals surface area (Å²) >= 11 is 0. The van der Waals surface area contributed by atoms with E-state index in [1.807, 2.05) is 40.7 Å². The van der Waals surface area contributed by atoms with Crippen molar-refractivity contribution in [2.75, 3.05) is 31.8 Å². The Morgan fingerprint density at radius 2 is 2.00 bits per heavy atom. The number of aromatic nitrogens is 2. The Balaban J connectivity index is 1.62. The molecule has 7 nitrogen and oxygen atoms in total. The number of benzene rings is 2. The van der Waals surface area contributed by atoms with Gasteiger partial charge in [-0.3, -0.25) is 0 Å². The molecule has 31 heavy (non-hydrogen) atoms. The van der Waals surface area contributed by atoms with Crippen molar-refractivity contribution in [3.05, 3.63) is 48.3 Å². The Kier molecular flexibility index (Phi) is 6.35. The Morgan fingerprint density at radius 1 is 1.19 bits per heavy atom. The summed E-state index contributed by atoms with van der Waals surface area (Å²) in [5, 5.41) is 4.14. The van der Waals surface area contributed by atoms with Gasteiger partial charge in [-0.25, -0.2) is 18.5 Å². The van der Waals surface area contributed by atoms with E-state index in [1.54, 1.807) is 13.4 Å². The van der Waals surface area contributed by atoms with Gasteiger partial charge in [0.1, 0.15) is 18.2 Å². The fourth-order valence-electron chi connectivity index (χ4n) is 3.63. The van der Waals surface area contributed by atoms with Crippen LogP contribution in [0.25, 0.3) is 10.9 Å². The number of ether oxygens (including phenoxy) is 2. The average molecular weight is 437 g/mol. The monoisotopic (exact) mass is 436 g/mol. The molecule has 4 rings (SSSR count). The normalized spacial score (nSPS) is 15.9. The van der Waals surface area contributed by atoms with Gasteiger partial charge in [0.05, 0.1) is 23.6 Å². The molecule has 0 bridgehead atoms. The minimum absolute atomic E-state index is 0.0273. The molecule has 1 atom stereocenters. The highest BCUT2D eigenvalue weighted by molar-refractivity contribution is 7.81. The maximum Gasteiger partial charge on any atom is 0.162 e. The second-order valence-corrected chi connectivity index (χ2v) is 8.63. The van der Waals surface area contributed by atoms with Crippen LogP contribution in [0.15, 0.2) is 42.7 Å². The Labute approximate surface area is 184 Å². The summed E-state index contributed by atoms with van der Waals surface area (Å²) in [4.78, 5) is 8.80. The number of fused-ring (bicyclic) bond motifs is 1. The maximum absolute atomic E-state index is 11.7. The van der Waals surface area contributed by atoms with Crippen molar-refractivity contribution in [1.82, 2.24) is 14.3 Å². The van der Waals surface area contributed by atoms with Gasteiger partial charge in [0.25, 0.3) is 0 Å². The zero-order valence-electron chi connectivity index (χ0n) is 17.5. The number of hydrogen-bond donors (Lipinski definition) is 1. The summed E-state index contributed by atoms with van der Waals surface area (Å²) in [7, 11) is 0.666. The van der Waals surface area contributed by atoms with Gasteiger partial charge in [-0.1, -0.05) is 12.0 Å². The first-order chi connectivity index (χ1) is 15.1. The van der Waals surface area contributed by atoms with Crippen molar-refractivity contribution in [2.24, 2.45) is 0 Å². The van der Waals surface area contributed by atoms with Crippen LogP contribution in [-0.4, -0.2) is 51.0 Å². The maximum atomic E-state index is 11.7. The summed E-state index contributed by atoms with van der Waals surface area (Å²) in [5.41, 5.74) is 2.37. The van der Waals surface area contributed by atoms with Crippen LogP contribution in [0.3, 0.4) is 0 Å². The molecule has 1 N–H and O–H groups in total. The van der Waals surface area contributed by atoms with E-state index < -0.39 is 11.0 Å². The second-order valence-electron chi connectivity index (χ2n) is 7.26. The SMILES string of the molecule is C#Cc1cccc(Nc2ncnc3cc(OC)c(OC4CCN(S(C)=O)CC4)cc23)c1. The third-order valence-corrected chi connectivity index (χ3v) is 6.36. The summed E-state index contributed by atoms with van der Waals surface area (Å²) in [6, 6.07) is 11.4. The summed E-state index contributed by atoms with van der Waals surface area (Å²) in [5.74, 6) is 4.55. The molecular formula is C23H24N4O3S. The minimum atomic E-state index is -0.947. The average Bonchev–Trinajstić information content (AvgIpc) is 2.79. The van der Waals surface area contributed by atoms with Crippen LogP contribution in [0, 0.1) is 12.3 Å². The molecule has 3 aromatic rings. The number of hydrogen-bond acceptors (Lipinski definition) is 6. The fraction of sp³-hybridized carbons (Fsp3) is 0.304. The molecule has 1 unspecified atom stereocenters. The van der Waals surface area contributed by atoms with E-state index in [2.05, 4.69) is 21.2 Å². The van der Waals surface area contributed by atoms with Crippen molar-refractivity contribution >= 4 is 33.4 Å². The number of anilines is 2. The van der Waals surface area contributed by atoms with Gasteiger partial charge >= 0.3 is 0 Å². The Morgan fingerprint density at radius 3 is 2.71 bits per heavy atom. The number of piperidine rings is 1.